The maximum absolute atomic E-state index is 6.00. The summed E-state index contributed by atoms with van der Waals surface area (Å²) in [5.41, 5.74) is 4.52. The molecule has 1 aliphatic heterocycles. The smallest absolute Gasteiger partial charge is 0.196 e. The SMILES string of the molecule is CN(C)CCc1nc2c(ccc3[nH]cc(C4CCN(C)CC4)c32)o1.Cl. The predicted octanol–water partition coefficient (Wildman–Crippen LogP) is 3.64. The molecule has 136 valence electrons. The number of benzene rings is 1. The van der Waals surface area contributed by atoms with Gasteiger partial charge in [0.1, 0.15) is 5.52 Å². The molecule has 3 heterocycles. The van der Waals surface area contributed by atoms with E-state index in [0.29, 0.717) is 5.92 Å². The van der Waals surface area contributed by atoms with Gasteiger partial charge in [0, 0.05) is 30.1 Å². The number of halogens is 1. The number of fused-ring (bicyclic) bond motifs is 3. The van der Waals surface area contributed by atoms with Crippen molar-refractivity contribution < 1.29 is 4.42 Å². The highest BCUT2D eigenvalue weighted by atomic mass is 35.5. The van der Waals surface area contributed by atoms with Gasteiger partial charge in [-0.2, -0.15) is 0 Å². The molecule has 1 aliphatic rings. The molecule has 0 aliphatic carbocycles. The third kappa shape index (κ3) is 3.54. The second-order valence-electron chi connectivity index (χ2n) is 7.32. The fourth-order valence-electron chi connectivity index (χ4n) is 3.75. The zero-order chi connectivity index (χ0) is 16.7. The molecule has 6 heteroatoms. The van der Waals surface area contributed by atoms with Gasteiger partial charge in [0.25, 0.3) is 0 Å². The number of nitrogens with zero attached hydrogens (tertiary/aromatic N) is 3. The normalized spacial score (nSPS) is 16.8. The van der Waals surface area contributed by atoms with Gasteiger partial charge in [-0.05, 0) is 70.7 Å². The second kappa shape index (κ2) is 7.36. The van der Waals surface area contributed by atoms with E-state index < -0.39 is 0 Å². The van der Waals surface area contributed by atoms with Gasteiger partial charge in [0.15, 0.2) is 11.5 Å². The largest absolute Gasteiger partial charge is 0.441 e. The summed E-state index contributed by atoms with van der Waals surface area (Å²) in [6, 6.07) is 4.16. The average Bonchev–Trinajstić information content (AvgIpc) is 3.16. The van der Waals surface area contributed by atoms with Crippen LogP contribution in [0.2, 0.25) is 0 Å². The lowest BCUT2D eigenvalue weighted by Gasteiger charge is -2.28. The van der Waals surface area contributed by atoms with Gasteiger partial charge in [-0.15, -0.1) is 12.4 Å². The molecular formula is C19H27ClN4O. The minimum Gasteiger partial charge on any atom is -0.441 e. The van der Waals surface area contributed by atoms with Crippen LogP contribution in [0.4, 0.5) is 0 Å². The highest BCUT2D eigenvalue weighted by Crippen LogP contribution is 2.36. The van der Waals surface area contributed by atoms with E-state index in [1.165, 1.54) is 42.4 Å². The Balaban J connectivity index is 0.00000182. The first-order valence-corrected chi connectivity index (χ1v) is 8.84. The van der Waals surface area contributed by atoms with E-state index in [2.05, 4.69) is 48.2 Å². The number of hydrogen-bond acceptors (Lipinski definition) is 4. The molecule has 25 heavy (non-hydrogen) atoms. The lowest BCUT2D eigenvalue weighted by atomic mass is 9.89. The molecule has 2 aromatic heterocycles. The highest BCUT2D eigenvalue weighted by Gasteiger charge is 2.23. The van der Waals surface area contributed by atoms with E-state index in [9.17, 15) is 0 Å². The number of aromatic amines is 1. The Hall–Kier alpha value is -1.56. The lowest BCUT2D eigenvalue weighted by Crippen LogP contribution is -2.29. The summed E-state index contributed by atoms with van der Waals surface area (Å²) in [5.74, 6) is 1.45. The van der Waals surface area contributed by atoms with Crippen molar-refractivity contribution in [3.63, 3.8) is 0 Å². The van der Waals surface area contributed by atoms with Crippen LogP contribution in [0.1, 0.15) is 30.2 Å². The van der Waals surface area contributed by atoms with Crippen LogP contribution < -0.4 is 0 Å². The maximum Gasteiger partial charge on any atom is 0.196 e. The zero-order valence-electron chi connectivity index (χ0n) is 15.2. The van der Waals surface area contributed by atoms with E-state index in [1.807, 2.05) is 6.07 Å². The Morgan fingerprint density at radius 1 is 1.28 bits per heavy atom. The Labute approximate surface area is 154 Å². The van der Waals surface area contributed by atoms with Crippen molar-refractivity contribution in [1.29, 1.82) is 0 Å². The monoisotopic (exact) mass is 362 g/mol. The van der Waals surface area contributed by atoms with Crippen molar-refractivity contribution in [1.82, 2.24) is 19.8 Å². The molecule has 0 spiro atoms. The number of H-pyrrole nitrogens is 1. The van der Waals surface area contributed by atoms with Crippen molar-refractivity contribution >= 4 is 34.4 Å². The van der Waals surface area contributed by atoms with E-state index in [1.54, 1.807) is 0 Å². The van der Waals surface area contributed by atoms with Crippen LogP contribution in [0.5, 0.6) is 0 Å². The van der Waals surface area contributed by atoms with Crippen molar-refractivity contribution in [3.8, 4) is 0 Å². The minimum absolute atomic E-state index is 0. The summed E-state index contributed by atoms with van der Waals surface area (Å²) in [6.07, 6.45) is 5.46. The van der Waals surface area contributed by atoms with Gasteiger partial charge >= 0.3 is 0 Å². The van der Waals surface area contributed by atoms with Crippen molar-refractivity contribution in [2.75, 3.05) is 40.8 Å². The molecule has 1 aromatic carbocycles. The summed E-state index contributed by atoms with van der Waals surface area (Å²) < 4.78 is 6.00. The fourth-order valence-corrected chi connectivity index (χ4v) is 3.75. The zero-order valence-corrected chi connectivity index (χ0v) is 16.0. The average molecular weight is 363 g/mol. The van der Waals surface area contributed by atoms with Gasteiger partial charge < -0.3 is 19.2 Å². The Bertz CT molecular complexity index is 846. The number of nitrogens with one attached hydrogen (secondary N) is 1. The Kier molecular flexibility index (Phi) is 5.37. The predicted molar refractivity (Wildman–Crippen MR) is 105 cm³/mol. The quantitative estimate of drug-likeness (QED) is 0.769. The molecule has 5 nitrogen and oxygen atoms in total. The van der Waals surface area contributed by atoms with Crippen LogP contribution in [-0.4, -0.2) is 60.5 Å². The molecule has 1 fully saturated rings. The summed E-state index contributed by atoms with van der Waals surface area (Å²) in [6.45, 7) is 3.28. The van der Waals surface area contributed by atoms with Gasteiger partial charge in [0.05, 0.1) is 0 Å². The molecule has 0 atom stereocenters. The molecule has 0 radical (unpaired) electrons. The molecule has 0 bridgehead atoms. The van der Waals surface area contributed by atoms with Crippen molar-refractivity contribution in [2.45, 2.75) is 25.2 Å². The van der Waals surface area contributed by atoms with Gasteiger partial charge in [0.2, 0.25) is 0 Å². The molecule has 1 saturated heterocycles. The van der Waals surface area contributed by atoms with Gasteiger partial charge in [-0.3, -0.25) is 0 Å². The third-order valence-corrected chi connectivity index (χ3v) is 5.21. The summed E-state index contributed by atoms with van der Waals surface area (Å²) >= 11 is 0. The first kappa shape index (κ1) is 18.2. The molecule has 0 saturated carbocycles. The van der Waals surface area contributed by atoms with E-state index >= 15 is 0 Å². The van der Waals surface area contributed by atoms with E-state index in [-0.39, 0.29) is 12.4 Å². The molecular weight excluding hydrogens is 336 g/mol. The van der Waals surface area contributed by atoms with Gasteiger partial charge in [-0.1, -0.05) is 0 Å². The Morgan fingerprint density at radius 2 is 2.04 bits per heavy atom. The second-order valence-corrected chi connectivity index (χ2v) is 7.32. The number of likely N-dealkylation sites (N-methyl/N-ethyl adjacent to an activating group) is 1. The van der Waals surface area contributed by atoms with Crippen LogP contribution >= 0.6 is 12.4 Å². The van der Waals surface area contributed by atoms with Crippen LogP contribution in [0.3, 0.4) is 0 Å². The maximum atomic E-state index is 6.00. The molecule has 4 rings (SSSR count). The Morgan fingerprint density at radius 3 is 2.76 bits per heavy atom. The fraction of sp³-hybridized carbons (Fsp3) is 0.526. The van der Waals surface area contributed by atoms with Crippen molar-refractivity contribution in [3.05, 3.63) is 29.8 Å². The third-order valence-electron chi connectivity index (χ3n) is 5.21. The van der Waals surface area contributed by atoms with Crippen LogP contribution in [-0.2, 0) is 6.42 Å². The number of oxazole rings is 1. The molecule has 1 N–H and O–H groups in total. The number of aromatic nitrogens is 2. The lowest BCUT2D eigenvalue weighted by molar-refractivity contribution is 0.256. The summed E-state index contributed by atoms with van der Waals surface area (Å²) in [5, 5.41) is 1.27. The van der Waals surface area contributed by atoms with E-state index in [0.717, 1.165) is 30.0 Å². The van der Waals surface area contributed by atoms with Crippen molar-refractivity contribution in [2.24, 2.45) is 0 Å². The van der Waals surface area contributed by atoms with Gasteiger partial charge in [-0.25, -0.2) is 4.98 Å². The number of likely N-dealkylation sites (tertiary alicyclic amines) is 1. The molecule has 3 aromatic rings. The highest BCUT2D eigenvalue weighted by molar-refractivity contribution is 6.04. The summed E-state index contributed by atoms with van der Waals surface area (Å²) in [7, 11) is 6.36. The standard InChI is InChI=1S/C19H26N4O.ClH/c1-22(2)9-8-17-21-19-16(24-17)5-4-15-18(19)14(12-20-15)13-6-10-23(3)11-7-13;/h4-5,12-13,20H,6-11H2,1-3H3;1H. The first-order chi connectivity index (χ1) is 11.6. The molecule has 0 unspecified atom stereocenters. The van der Waals surface area contributed by atoms with Crippen LogP contribution in [0.25, 0.3) is 22.0 Å². The molecule has 0 amide bonds. The van der Waals surface area contributed by atoms with E-state index in [4.69, 9.17) is 9.40 Å². The number of hydrogen-bond donors (Lipinski definition) is 1. The number of rotatable bonds is 4. The first-order valence-electron chi connectivity index (χ1n) is 8.84. The topological polar surface area (TPSA) is 48.3 Å². The minimum atomic E-state index is 0. The van der Waals surface area contributed by atoms with Crippen LogP contribution in [0.15, 0.2) is 22.7 Å². The number of piperidine rings is 1. The van der Waals surface area contributed by atoms with Crippen LogP contribution in [0, 0.1) is 0 Å². The summed E-state index contributed by atoms with van der Waals surface area (Å²) in [4.78, 5) is 12.8.